The second kappa shape index (κ2) is 9.95. The van der Waals surface area contributed by atoms with Crippen LogP contribution in [0.15, 0.2) is 88.6 Å². The predicted octanol–water partition coefficient (Wildman–Crippen LogP) is 5.94. The molecule has 1 aliphatic rings. The van der Waals surface area contributed by atoms with Gasteiger partial charge in [0, 0.05) is 10.7 Å². The zero-order valence-corrected chi connectivity index (χ0v) is 20.7. The van der Waals surface area contributed by atoms with Gasteiger partial charge in [0.15, 0.2) is 5.43 Å². The van der Waals surface area contributed by atoms with E-state index in [1.54, 1.807) is 73.7 Å². The Hall–Kier alpha value is -4.36. The standard InChI is InChI=1S/C29H22ClNO6/c1-3-15-36-21-12-7-17(8-13-21)25-24-26(32)22-16-19(30)9-14-23(22)37-27(24)28(33)31(25)20-10-5-18(6-11-20)29(34)35-4-2/h3,5-14,16,25H,1,4,15H2,2H3. The third kappa shape index (κ3) is 4.38. The van der Waals surface area contributed by atoms with E-state index in [0.29, 0.717) is 34.2 Å². The lowest BCUT2D eigenvalue weighted by Crippen LogP contribution is -2.29. The van der Waals surface area contributed by atoms with Gasteiger partial charge < -0.3 is 13.9 Å². The van der Waals surface area contributed by atoms with Crippen LogP contribution in [0.1, 0.15) is 45.0 Å². The lowest BCUT2D eigenvalue weighted by atomic mass is 9.98. The summed E-state index contributed by atoms with van der Waals surface area (Å²) in [7, 11) is 0. The Morgan fingerprint density at radius 2 is 1.81 bits per heavy atom. The average molecular weight is 516 g/mol. The molecule has 7 nitrogen and oxygen atoms in total. The van der Waals surface area contributed by atoms with Crippen LogP contribution in [0.4, 0.5) is 5.69 Å². The number of halogens is 1. The van der Waals surface area contributed by atoms with Gasteiger partial charge in [-0.3, -0.25) is 14.5 Å². The van der Waals surface area contributed by atoms with Crippen molar-refractivity contribution in [1.29, 1.82) is 0 Å². The van der Waals surface area contributed by atoms with Gasteiger partial charge in [0.1, 0.15) is 17.9 Å². The highest BCUT2D eigenvalue weighted by Crippen LogP contribution is 2.41. The number of benzene rings is 3. The highest BCUT2D eigenvalue weighted by atomic mass is 35.5. The van der Waals surface area contributed by atoms with E-state index in [1.807, 2.05) is 0 Å². The van der Waals surface area contributed by atoms with Crippen molar-refractivity contribution in [2.45, 2.75) is 13.0 Å². The number of hydrogen-bond donors (Lipinski definition) is 0. The number of fused-ring (bicyclic) bond motifs is 2. The molecule has 1 aromatic heterocycles. The average Bonchev–Trinajstić information content (AvgIpc) is 3.20. The Balaban J connectivity index is 1.66. The summed E-state index contributed by atoms with van der Waals surface area (Å²) >= 11 is 6.15. The maximum Gasteiger partial charge on any atom is 0.338 e. The number of anilines is 1. The molecule has 0 N–H and O–H groups in total. The molecule has 4 aromatic rings. The maximum absolute atomic E-state index is 13.7. The summed E-state index contributed by atoms with van der Waals surface area (Å²) in [5.41, 5.74) is 1.67. The maximum atomic E-state index is 13.7. The molecular weight excluding hydrogens is 494 g/mol. The highest BCUT2D eigenvalue weighted by molar-refractivity contribution is 6.31. The third-order valence-electron chi connectivity index (χ3n) is 6.05. The Morgan fingerprint density at radius 1 is 1.08 bits per heavy atom. The molecule has 1 aliphatic heterocycles. The first-order valence-electron chi connectivity index (χ1n) is 11.6. The van der Waals surface area contributed by atoms with E-state index in [-0.39, 0.29) is 34.3 Å². The van der Waals surface area contributed by atoms with E-state index in [1.165, 1.54) is 11.0 Å². The summed E-state index contributed by atoms with van der Waals surface area (Å²) in [5.74, 6) is -0.344. The Labute approximate surface area is 217 Å². The molecule has 3 aromatic carbocycles. The molecule has 0 radical (unpaired) electrons. The summed E-state index contributed by atoms with van der Waals surface area (Å²) < 4.78 is 16.6. The molecule has 5 rings (SSSR count). The van der Waals surface area contributed by atoms with Crippen LogP contribution < -0.4 is 15.1 Å². The number of carbonyl (C=O) groups excluding carboxylic acids is 2. The fourth-order valence-corrected chi connectivity index (χ4v) is 4.57. The number of rotatable bonds is 7. The van der Waals surface area contributed by atoms with Gasteiger partial charge >= 0.3 is 5.97 Å². The SMILES string of the molecule is C=CCOc1ccc(C2c3c(oc4ccc(Cl)cc4c3=O)C(=O)N2c2ccc(C(=O)OCC)cc2)cc1. The van der Waals surface area contributed by atoms with Gasteiger partial charge in [-0.1, -0.05) is 36.4 Å². The zero-order chi connectivity index (χ0) is 26.1. The first-order chi connectivity index (χ1) is 17.9. The van der Waals surface area contributed by atoms with E-state index in [2.05, 4.69) is 6.58 Å². The van der Waals surface area contributed by atoms with Crippen molar-refractivity contribution in [3.8, 4) is 5.75 Å². The molecule has 37 heavy (non-hydrogen) atoms. The minimum atomic E-state index is -0.774. The van der Waals surface area contributed by atoms with Crippen molar-refractivity contribution in [1.82, 2.24) is 0 Å². The van der Waals surface area contributed by atoms with Gasteiger partial charge in [-0.2, -0.15) is 0 Å². The van der Waals surface area contributed by atoms with Gasteiger partial charge in [-0.15, -0.1) is 0 Å². The van der Waals surface area contributed by atoms with Crippen LogP contribution in [0.2, 0.25) is 5.02 Å². The minimum Gasteiger partial charge on any atom is -0.490 e. The molecule has 0 bridgehead atoms. The van der Waals surface area contributed by atoms with Crippen molar-refractivity contribution in [3.63, 3.8) is 0 Å². The van der Waals surface area contributed by atoms with Gasteiger partial charge in [-0.25, -0.2) is 4.79 Å². The van der Waals surface area contributed by atoms with Crippen molar-refractivity contribution in [2.24, 2.45) is 0 Å². The van der Waals surface area contributed by atoms with Crippen LogP contribution in [0.25, 0.3) is 11.0 Å². The molecule has 1 amide bonds. The van der Waals surface area contributed by atoms with Gasteiger partial charge in [-0.05, 0) is 67.1 Å². The van der Waals surface area contributed by atoms with Crippen molar-refractivity contribution < 1.29 is 23.5 Å². The van der Waals surface area contributed by atoms with E-state index in [0.717, 1.165) is 0 Å². The predicted molar refractivity (Wildman–Crippen MR) is 141 cm³/mol. The Bertz CT molecular complexity index is 1570. The molecule has 0 spiro atoms. The van der Waals surface area contributed by atoms with Crippen LogP contribution in [0.5, 0.6) is 5.75 Å². The van der Waals surface area contributed by atoms with E-state index in [4.69, 9.17) is 25.5 Å². The topological polar surface area (TPSA) is 86.0 Å². The first-order valence-corrected chi connectivity index (χ1v) is 12.0. The molecule has 2 heterocycles. The number of carbonyl (C=O) groups is 2. The van der Waals surface area contributed by atoms with Crippen LogP contribution in [-0.4, -0.2) is 25.1 Å². The monoisotopic (exact) mass is 515 g/mol. The second-order valence-corrected chi connectivity index (χ2v) is 8.76. The number of hydrogen-bond acceptors (Lipinski definition) is 6. The highest BCUT2D eigenvalue weighted by Gasteiger charge is 2.43. The fourth-order valence-electron chi connectivity index (χ4n) is 4.40. The van der Waals surface area contributed by atoms with E-state index < -0.39 is 17.9 Å². The summed E-state index contributed by atoms with van der Waals surface area (Å²) in [4.78, 5) is 41.0. The van der Waals surface area contributed by atoms with Crippen molar-refractivity contribution in [3.05, 3.63) is 117 Å². The van der Waals surface area contributed by atoms with E-state index in [9.17, 15) is 14.4 Å². The smallest absolute Gasteiger partial charge is 0.338 e. The van der Waals surface area contributed by atoms with Gasteiger partial charge in [0.25, 0.3) is 5.91 Å². The largest absolute Gasteiger partial charge is 0.490 e. The second-order valence-electron chi connectivity index (χ2n) is 8.33. The molecule has 0 saturated heterocycles. The molecule has 1 atom stereocenters. The van der Waals surface area contributed by atoms with Crippen molar-refractivity contribution in [2.75, 3.05) is 18.1 Å². The Kier molecular flexibility index (Phi) is 6.54. The van der Waals surface area contributed by atoms with Gasteiger partial charge in [0.2, 0.25) is 5.76 Å². The fraction of sp³-hybridized carbons (Fsp3) is 0.138. The van der Waals surface area contributed by atoms with Gasteiger partial charge in [0.05, 0.1) is 29.2 Å². The molecule has 186 valence electrons. The zero-order valence-electron chi connectivity index (χ0n) is 19.9. The lowest BCUT2D eigenvalue weighted by molar-refractivity contribution is 0.0526. The quantitative estimate of drug-likeness (QED) is 0.224. The summed E-state index contributed by atoms with van der Waals surface area (Å²) in [6, 6.07) is 17.5. The molecule has 0 fully saturated rings. The number of ether oxygens (including phenoxy) is 2. The van der Waals surface area contributed by atoms with Crippen LogP contribution >= 0.6 is 11.6 Å². The van der Waals surface area contributed by atoms with Crippen LogP contribution in [0.3, 0.4) is 0 Å². The number of nitrogens with zero attached hydrogens (tertiary/aromatic N) is 1. The van der Waals surface area contributed by atoms with Crippen LogP contribution in [0, 0.1) is 0 Å². The number of esters is 1. The molecular formula is C29H22ClNO6. The molecule has 0 aliphatic carbocycles. The number of amides is 1. The summed E-state index contributed by atoms with van der Waals surface area (Å²) in [6.45, 7) is 5.97. The summed E-state index contributed by atoms with van der Waals surface area (Å²) in [6.07, 6.45) is 1.64. The third-order valence-corrected chi connectivity index (χ3v) is 6.29. The first kappa shape index (κ1) is 24.3. The van der Waals surface area contributed by atoms with E-state index >= 15 is 0 Å². The molecule has 1 unspecified atom stereocenters. The molecule has 8 heteroatoms. The normalized spacial score (nSPS) is 14.5. The molecule has 0 saturated carbocycles. The Morgan fingerprint density at radius 3 is 2.49 bits per heavy atom. The van der Waals surface area contributed by atoms with Crippen LogP contribution in [-0.2, 0) is 4.74 Å². The summed E-state index contributed by atoms with van der Waals surface area (Å²) in [5, 5.41) is 0.672. The minimum absolute atomic E-state index is 0.0359. The van der Waals surface area contributed by atoms with Crippen molar-refractivity contribution >= 4 is 40.1 Å². The lowest BCUT2D eigenvalue weighted by Gasteiger charge is -2.25.